The lowest BCUT2D eigenvalue weighted by molar-refractivity contribution is -0.137. The molecule has 1 aromatic carbocycles. The van der Waals surface area contributed by atoms with Gasteiger partial charge in [0.15, 0.2) is 0 Å². The fourth-order valence-electron chi connectivity index (χ4n) is 1.71. The Morgan fingerprint density at radius 2 is 1.61 bits per heavy atom. The summed E-state index contributed by atoms with van der Waals surface area (Å²) in [5, 5.41) is 4.54. The molecule has 0 aliphatic heterocycles. The van der Waals surface area contributed by atoms with Crippen LogP contribution in [0.4, 0.5) is 24.7 Å². The third-order valence-electron chi connectivity index (χ3n) is 2.92. The van der Waals surface area contributed by atoms with Crippen LogP contribution in [0, 0.1) is 6.92 Å². The van der Waals surface area contributed by atoms with E-state index in [1.165, 1.54) is 6.20 Å². The largest absolute Gasteiger partial charge is 0.416 e. The maximum atomic E-state index is 12.4. The van der Waals surface area contributed by atoms with Crippen molar-refractivity contribution in [1.82, 2.24) is 4.98 Å². The number of nitrogens with one attached hydrogen (secondary N) is 2. The first-order valence-electron chi connectivity index (χ1n) is 6.48. The van der Waals surface area contributed by atoms with E-state index in [4.69, 9.17) is 0 Å². The topological polar surface area (TPSA) is 71.1 Å². The molecule has 0 aliphatic carbocycles. The molecule has 2 aromatic rings. The summed E-state index contributed by atoms with van der Waals surface area (Å²) in [6, 6.07) is 7.15. The van der Waals surface area contributed by atoms with E-state index in [-0.39, 0.29) is 11.5 Å². The van der Waals surface area contributed by atoms with Crippen LogP contribution in [0.15, 0.2) is 42.6 Å². The first-order valence-corrected chi connectivity index (χ1v) is 6.48. The van der Waals surface area contributed by atoms with Gasteiger partial charge in [-0.25, -0.2) is 4.98 Å². The molecule has 2 amide bonds. The molecule has 0 radical (unpaired) electrons. The molecule has 23 heavy (non-hydrogen) atoms. The number of hydrogen-bond acceptors (Lipinski definition) is 3. The molecular weight excluding hydrogens is 311 g/mol. The summed E-state index contributed by atoms with van der Waals surface area (Å²) in [4.78, 5) is 27.4. The number of hydrogen-bond donors (Lipinski definition) is 2. The molecule has 2 rings (SSSR count). The number of aryl methyl sites for hydroxylation is 1. The zero-order valence-electron chi connectivity index (χ0n) is 11.9. The first kappa shape index (κ1) is 16.5. The van der Waals surface area contributed by atoms with Gasteiger partial charge in [0.25, 0.3) is 0 Å². The molecule has 0 aliphatic rings. The van der Waals surface area contributed by atoms with Crippen molar-refractivity contribution in [2.45, 2.75) is 13.1 Å². The summed E-state index contributed by atoms with van der Waals surface area (Å²) >= 11 is 0. The Balaban J connectivity index is 2.01. The molecule has 0 spiro atoms. The normalized spacial score (nSPS) is 11.0. The lowest BCUT2D eigenvalue weighted by Gasteiger charge is -2.09. The van der Waals surface area contributed by atoms with Crippen molar-refractivity contribution in [1.29, 1.82) is 0 Å². The van der Waals surface area contributed by atoms with Crippen molar-refractivity contribution in [2.75, 3.05) is 10.6 Å². The lowest BCUT2D eigenvalue weighted by Crippen LogP contribution is -2.29. The molecule has 1 aromatic heterocycles. The molecule has 0 bridgehead atoms. The molecule has 5 nitrogen and oxygen atoms in total. The second-order valence-electron chi connectivity index (χ2n) is 4.65. The Morgan fingerprint density at radius 1 is 1.00 bits per heavy atom. The van der Waals surface area contributed by atoms with Gasteiger partial charge in [-0.1, -0.05) is 6.07 Å². The minimum Gasteiger partial charge on any atom is -0.318 e. The number of carbonyl (C=O) groups is 2. The minimum atomic E-state index is -4.46. The van der Waals surface area contributed by atoms with E-state index in [1.54, 1.807) is 19.1 Å². The van der Waals surface area contributed by atoms with Crippen LogP contribution in [0.2, 0.25) is 0 Å². The summed E-state index contributed by atoms with van der Waals surface area (Å²) in [5.41, 5.74) is -0.0943. The number of alkyl halides is 3. The molecule has 2 N–H and O–H groups in total. The SMILES string of the molecule is Cc1cccnc1NC(=O)C(=O)Nc1ccc(C(F)(F)F)cc1. The second kappa shape index (κ2) is 6.47. The van der Waals surface area contributed by atoms with Gasteiger partial charge in [-0.05, 0) is 42.8 Å². The average molecular weight is 323 g/mol. The van der Waals surface area contributed by atoms with Crippen LogP contribution in [-0.4, -0.2) is 16.8 Å². The molecule has 1 heterocycles. The summed E-state index contributed by atoms with van der Waals surface area (Å²) in [5.74, 6) is -1.73. The van der Waals surface area contributed by atoms with E-state index < -0.39 is 23.6 Å². The number of rotatable bonds is 2. The number of pyridine rings is 1. The number of anilines is 2. The Bertz CT molecular complexity index is 727. The Hall–Kier alpha value is -2.90. The Labute approximate surface area is 129 Å². The van der Waals surface area contributed by atoms with Gasteiger partial charge in [-0.15, -0.1) is 0 Å². The van der Waals surface area contributed by atoms with Gasteiger partial charge < -0.3 is 10.6 Å². The molecular formula is C15H12F3N3O2. The van der Waals surface area contributed by atoms with Crippen LogP contribution in [0.1, 0.15) is 11.1 Å². The first-order chi connectivity index (χ1) is 10.8. The van der Waals surface area contributed by atoms with Crippen molar-refractivity contribution in [3.63, 3.8) is 0 Å². The van der Waals surface area contributed by atoms with Gasteiger partial charge >= 0.3 is 18.0 Å². The predicted octanol–water partition coefficient (Wildman–Crippen LogP) is 2.99. The van der Waals surface area contributed by atoms with Gasteiger partial charge in [0.2, 0.25) is 0 Å². The molecule has 8 heteroatoms. The van der Waals surface area contributed by atoms with E-state index in [1.807, 2.05) is 0 Å². The van der Waals surface area contributed by atoms with E-state index in [0.717, 1.165) is 24.3 Å². The molecule has 0 saturated carbocycles. The zero-order chi connectivity index (χ0) is 17.0. The third-order valence-corrected chi connectivity index (χ3v) is 2.92. The van der Waals surface area contributed by atoms with Crippen LogP contribution < -0.4 is 10.6 Å². The number of halogens is 3. The van der Waals surface area contributed by atoms with Gasteiger partial charge in [-0.2, -0.15) is 13.2 Å². The number of carbonyl (C=O) groups excluding carboxylic acids is 2. The molecule has 0 unspecified atom stereocenters. The highest BCUT2D eigenvalue weighted by Crippen LogP contribution is 2.29. The van der Waals surface area contributed by atoms with Crippen molar-refractivity contribution >= 4 is 23.3 Å². The van der Waals surface area contributed by atoms with Gasteiger partial charge in [0, 0.05) is 11.9 Å². The van der Waals surface area contributed by atoms with E-state index >= 15 is 0 Å². The van der Waals surface area contributed by atoms with Gasteiger partial charge in [0.1, 0.15) is 5.82 Å². The highest BCUT2D eigenvalue weighted by molar-refractivity contribution is 6.43. The van der Waals surface area contributed by atoms with Gasteiger partial charge in [0.05, 0.1) is 5.56 Å². The minimum absolute atomic E-state index is 0.0795. The van der Waals surface area contributed by atoms with E-state index in [0.29, 0.717) is 5.56 Å². The standard InChI is InChI=1S/C15H12F3N3O2/c1-9-3-2-8-19-12(9)21-14(23)13(22)20-11-6-4-10(5-7-11)15(16,17)18/h2-8H,1H3,(H,20,22)(H,19,21,23). The Kier molecular flexibility index (Phi) is 4.63. The molecule has 0 saturated heterocycles. The van der Waals surface area contributed by atoms with Crippen LogP contribution >= 0.6 is 0 Å². The monoisotopic (exact) mass is 323 g/mol. The quantitative estimate of drug-likeness (QED) is 0.835. The summed E-state index contributed by atoms with van der Waals surface area (Å²) in [6.45, 7) is 1.70. The number of amides is 2. The number of nitrogens with zero attached hydrogens (tertiary/aromatic N) is 1. The number of aromatic nitrogens is 1. The maximum Gasteiger partial charge on any atom is 0.416 e. The van der Waals surface area contributed by atoms with Crippen molar-refractivity contribution in [3.8, 4) is 0 Å². The van der Waals surface area contributed by atoms with Gasteiger partial charge in [-0.3, -0.25) is 9.59 Å². The van der Waals surface area contributed by atoms with E-state index in [2.05, 4.69) is 15.6 Å². The summed E-state index contributed by atoms with van der Waals surface area (Å²) in [7, 11) is 0. The van der Waals surface area contributed by atoms with Crippen molar-refractivity contribution in [2.24, 2.45) is 0 Å². The van der Waals surface area contributed by atoms with Crippen LogP contribution in [0.25, 0.3) is 0 Å². The summed E-state index contributed by atoms with van der Waals surface area (Å²) in [6.07, 6.45) is -3.01. The van der Waals surface area contributed by atoms with Crippen LogP contribution in [0.3, 0.4) is 0 Å². The fourth-order valence-corrected chi connectivity index (χ4v) is 1.71. The summed E-state index contributed by atoms with van der Waals surface area (Å²) < 4.78 is 37.3. The molecule has 120 valence electrons. The lowest BCUT2D eigenvalue weighted by atomic mass is 10.2. The van der Waals surface area contributed by atoms with Crippen LogP contribution in [0.5, 0.6) is 0 Å². The Morgan fingerprint density at radius 3 is 2.17 bits per heavy atom. The predicted molar refractivity (Wildman–Crippen MR) is 77.7 cm³/mol. The maximum absolute atomic E-state index is 12.4. The average Bonchev–Trinajstić information content (AvgIpc) is 2.49. The highest BCUT2D eigenvalue weighted by atomic mass is 19.4. The zero-order valence-corrected chi connectivity index (χ0v) is 11.9. The van der Waals surface area contributed by atoms with Crippen molar-refractivity contribution in [3.05, 3.63) is 53.7 Å². The highest BCUT2D eigenvalue weighted by Gasteiger charge is 2.30. The molecule has 0 atom stereocenters. The second-order valence-corrected chi connectivity index (χ2v) is 4.65. The third kappa shape index (κ3) is 4.29. The number of benzene rings is 1. The van der Waals surface area contributed by atoms with Crippen LogP contribution in [-0.2, 0) is 15.8 Å². The fraction of sp³-hybridized carbons (Fsp3) is 0.133. The smallest absolute Gasteiger partial charge is 0.318 e. The van der Waals surface area contributed by atoms with E-state index in [9.17, 15) is 22.8 Å². The van der Waals surface area contributed by atoms with Crippen molar-refractivity contribution < 1.29 is 22.8 Å². The molecule has 0 fully saturated rings.